The minimum Gasteiger partial charge on any atom is -0.461 e. The number of ether oxygens (including phenoxy) is 2. The fraction of sp³-hybridized carbons (Fsp3) is 0.769. The van der Waals surface area contributed by atoms with Crippen LogP contribution in [0.5, 0.6) is 0 Å². The van der Waals surface area contributed by atoms with Gasteiger partial charge in [-0.1, -0.05) is 45.7 Å². The third-order valence-electron chi connectivity index (χ3n) is 13.1. The van der Waals surface area contributed by atoms with Crippen molar-refractivity contribution in [3.05, 3.63) is 29.8 Å². The first-order valence-electron chi connectivity index (χ1n) is 19.1. The molecule has 1 aromatic rings. The van der Waals surface area contributed by atoms with Crippen LogP contribution in [0, 0.1) is 34.0 Å². The molecule has 0 spiro atoms. The number of hydrogen-bond acceptors (Lipinski definition) is 8. The molecule has 4 aliphatic rings. The highest BCUT2D eigenvalue weighted by atomic mass is 32.2. The van der Waals surface area contributed by atoms with Crippen LogP contribution in [0.2, 0.25) is 0 Å². The second-order valence-corrected chi connectivity index (χ2v) is 17.0. The number of unbranched alkanes of at least 4 members (excludes halogenated alkanes) is 3. The Kier molecular flexibility index (Phi) is 13.3. The van der Waals surface area contributed by atoms with Crippen LogP contribution in [-0.2, 0) is 30.3 Å². The zero-order valence-electron chi connectivity index (χ0n) is 30.6. The highest BCUT2D eigenvalue weighted by Gasteiger charge is 2.70. The van der Waals surface area contributed by atoms with Crippen LogP contribution in [0.1, 0.15) is 97.0 Å². The average Bonchev–Trinajstić information content (AvgIpc) is 3.67. The smallest absolute Gasteiger partial charge is 0.461 e. The molecule has 2 bridgehead atoms. The molecule has 51 heavy (non-hydrogen) atoms. The lowest BCUT2D eigenvalue weighted by atomic mass is 9.43. The molecule has 1 saturated heterocycles. The topological polar surface area (TPSA) is 120 Å². The lowest BCUT2D eigenvalue weighted by Crippen LogP contribution is -2.64. The van der Waals surface area contributed by atoms with Gasteiger partial charge < -0.3 is 25.8 Å². The molecule has 0 radical (unpaired) electrons. The lowest BCUT2D eigenvalue weighted by molar-refractivity contribution is -0.206. The van der Waals surface area contributed by atoms with Crippen LogP contribution >= 0.6 is 11.8 Å². The Balaban J connectivity index is 1.28. The van der Waals surface area contributed by atoms with E-state index in [-0.39, 0.29) is 53.0 Å². The normalized spacial score (nSPS) is 33.2. The van der Waals surface area contributed by atoms with Crippen molar-refractivity contribution in [3.8, 4) is 0 Å². The molecule has 1 aliphatic heterocycles. The Morgan fingerprint density at radius 1 is 1.04 bits per heavy atom. The minimum atomic E-state index is -4.88. The predicted molar refractivity (Wildman–Crippen MR) is 192 cm³/mol. The summed E-state index contributed by atoms with van der Waals surface area (Å²) < 4.78 is 50.5. The van der Waals surface area contributed by atoms with E-state index in [9.17, 15) is 27.6 Å². The summed E-state index contributed by atoms with van der Waals surface area (Å²) >= 11 is 1.39. The Morgan fingerprint density at radius 3 is 2.51 bits per heavy atom. The number of halogens is 3. The molecular weight excluding hydrogens is 680 g/mol. The summed E-state index contributed by atoms with van der Waals surface area (Å²) in [5.74, 6) is -1.51. The predicted octanol–water partition coefficient (Wildman–Crippen LogP) is 6.63. The number of nitrogens with one attached hydrogen (secondary N) is 2. The fourth-order valence-corrected chi connectivity index (χ4v) is 10.9. The standard InChI is InChI=1S/C39H58F3N3O5S/c1-26-14-16-38-17-15-30(46)33(38)36(26,3)31(23-37(18-22-49-34(37)27(38)2)25-44-20-7-5-4-6-19-43)50-32(47)24-51-29-12-10-28(11-13-29)9-8-21-45-35(48)39(40,41)42/h10-13,26-27,31,33-34,44H,4-9,14-25,43H2,1-3H3,(H,45,48). The zero-order valence-corrected chi connectivity index (χ0v) is 31.4. The molecule has 12 heteroatoms. The van der Waals surface area contributed by atoms with Crippen molar-refractivity contribution < 1.29 is 37.0 Å². The largest absolute Gasteiger partial charge is 0.471 e. The Bertz CT molecular complexity index is 1360. The van der Waals surface area contributed by atoms with E-state index in [1.807, 2.05) is 29.6 Å². The molecule has 4 N–H and O–H groups in total. The van der Waals surface area contributed by atoms with Crippen molar-refractivity contribution in [1.82, 2.24) is 10.6 Å². The van der Waals surface area contributed by atoms with Gasteiger partial charge in [0.05, 0.1) is 11.9 Å². The lowest BCUT2D eigenvalue weighted by Gasteiger charge is -2.62. The molecular formula is C39H58F3N3O5S. The Labute approximate surface area is 305 Å². The van der Waals surface area contributed by atoms with Gasteiger partial charge in [0.1, 0.15) is 11.9 Å². The maximum atomic E-state index is 13.9. The number of nitrogens with two attached hydrogens (primary N) is 1. The van der Waals surface area contributed by atoms with E-state index in [1.54, 1.807) is 0 Å². The van der Waals surface area contributed by atoms with Gasteiger partial charge in [-0.2, -0.15) is 13.2 Å². The summed E-state index contributed by atoms with van der Waals surface area (Å²) in [6.07, 6.45) is 4.99. The minimum absolute atomic E-state index is 0.0106. The molecule has 1 aromatic carbocycles. The van der Waals surface area contributed by atoms with Crippen molar-refractivity contribution in [2.24, 2.45) is 39.7 Å². The number of Topliss-reactive ketones (excluding diaryl/α,β-unsaturated/α-hetero) is 1. The van der Waals surface area contributed by atoms with Gasteiger partial charge in [-0.25, -0.2) is 0 Å². The molecule has 5 rings (SSSR count). The first-order valence-corrected chi connectivity index (χ1v) is 20.1. The quantitative estimate of drug-likeness (QED) is 0.0984. The average molecular weight is 738 g/mol. The number of rotatable bonds is 16. The monoisotopic (exact) mass is 737 g/mol. The molecule has 1 amide bonds. The van der Waals surface area contributed by atoms with Gasteiger partial charge in [-0.05, 0) is 106 Å². The number of carbonyl (C=O) groups excluding carboxylic acids is 3. The third kappa shape index (κ3) is 8.65. The number of esters is 1. The maximum Gasteiger partial charge on any atom is 0.471 e. The van der Waals surface area contributed by atoms with Crippen LogP contribution in [0.4, 0.5) is 13.2 Å². The number of amides is 1. The molecule has 0 aromatic heterocycles. The number of ketones is 1. The van der Waals surface area contributed by atoms with Gasteiger partial charge in [-0.3, -0.25) is 14.4 Å². The van der Waals surface area contributed by atoms with E-state index in [2.05, 4.69) is 26.1 Å². The van der Waals surface area contributed by atoms with Crippen molar-refractivity contribution in [3.63, 3.8) is 0 Å². The Morgan fingerprint density at radius 2 is 1.78 bits per heavy atom. The van der Waals surface area contributed by atoms with Gasteiger partial charge in [0.2, 0.25) is 0 Å². The molecule has 286 valence electrons. The number of carbonyl (C=O) groups is 3. The number of thioether (sulfide) groups is 1. The van der Waals surface area contributed by atoms with E-state index >= 15 is 0 Å². The summed E-state index contributed by atoms with van der Waals surface area (Å²) in [6.45, 7) is 9.86. The van der Waals surface area contributed by atoms with Gasteiger partial charge in [0, 0.05) is 47.8 Å². The van der Waals surface area contributed by atoms with Crippen LogP contribution in [0.15, 0.2) is 29.2 Å². The van der Waals surface area contributed by atoms with Crippen LogP contribution < -0.4 is 16.4 Å². The molecule has 8 unspecified atom stereocenters. The van der Waals surface area contributed by atoms with E-state index in [0.717, 1.165) is 81.5 Å². The molecule has 8 atom stereocenters. The van der Waals surface area contributed by atoms with Gasteiger partial charge in [-0.15, -0.1) is 11.8 Å². The number of benzene rings is 1. The molecule has 4 fully saturated rings. The van der Waals surface area contributed by atoms with E-state index < -0.39 is 23.6 Å². The summed E-state index contributed by atoms with van der Waals surface area (Å²) in [5, 5.41) is 5.68. The summed E-state index contributed by atoms with van der Waals surface area (Å²) in [4.78, 5) is 39.6. The summed E-state index contributed by atoms with van der Waals surface area (Å²) in [5.41, 5.74) is 5.76. The maximum absolute atomic E-state index is 13.9. The Hall–Kier alpha value is -2.15. The highest BCUT2D eigenvalue weighted by Crippen LogP contribution is 2.69. The SMILES string of the molecule is CC1C2OCCC2(CNCCCCCCN)CC(OC(=O)CSc2ccc(CCCNC(=O)C(F)(F)F)cc2)C2(C)C(C)CCC13CCC(=O)C32. The molecule has 8 nitrogen and oxygen atoms in total. The molecule has 1 heterocycles. The highest BCUT2D eigenvalue weighted by molar-refractivity contribution is 8.00. The van der Waals surface area contributed by atoms with E-state index in [0.29, 0.717) is 38.1 Å². The van der Waals surface area contributed by atoms with Gasteiger partial charge >= 0.3 is 18.1 Å². The summed E-state index contributed by atoms with van der Waals surface area (Å²) in [7, 11) is 0. The van der Waals surface area contributed by atoms with E-state index in [4.69, 9.17) is 15.2 Å². The van der Waals surface area contributed by atoms with Crippen LogP contribution in [-0.4, -0.2) is 74.6 Å². The first-order chi connectivity index (χ1) is 24.3. The van der Waals surface area contributed by atoms with Gasteiger partial charge in [0.25, 0.3) is 0 Å². The second-order valence-electron chi connectivity index (χ2n) is 16.0. The van der Waals surface area contributed by atoms with Crippen molar-refractivity contribution >= 4 is 29.4 Å². The van der Waals surface area contributed by atoms with Crippen molar-refractivity contribution in [2.45, 2.75) is 121 Å². The zero-order chi connectivity index (χ0) is 36.9. The van der Waals surface area contributed by atoms with E-state index in [1.165, 1.54) is 11.8 Å². The number of fused-ring (bicyclic) bond motifs is 1. The summed E-state index contributed by atoms with van der Waals surface area (Å²) in [6, 6.07) is 7.57. The molecule has 3 saturated carbocycles. The number of aryl methyl sites for hydroxylation is 1. The fourth-order valence-electron chi connectivity index (χ4n) is 10.2. The van der Waals surface area contributed by atoms with Crippen molar-refractivity contribution in [1.29, 1.82) is 0 Å². The van der Waals surface area contributed by atoms with Gasteiger partial charge in [0.15, 0.2) is 0 Å². The first kappa shape index (κ1) is 40.0. The second kappa shape index (κ2) is 16.9. The number of hydrogen-bond donors (Lipinski definition) is 3. The van der Waals surface area contributed by atoms with Crippen LogP contribution in [0.25, 0.3) is 0 Å². The number of alkyl halides is 3. The van der Waals surface area contributed by atoms with Crippen LogP contribution in [0.3, 0.4) is 0 Å². The molecule has 3 aliphatic carbocycles. The van der Waals surface area contributed by atoms with Crippen molar-refractivity contribution in [2.75, 3.05) is 38.5 Å². The third-order valence-corrected chi connectivity index (χ3v) is 14.1.